The van der Waals surface area contributed by atoms with E-state index in [0.29, 0.717) is 18.8 Å². The number of carbonyl (C=O) groups is 1. The lowest BCUT2D eigenvalue weighted by atomic mass is 10.0. The molecule has 0 radical (unpaired) electrons. The molecule has 0 spiro atoms. The number of hydrogen-bond acceptors (Lipinski definition) is 3. The summed E-state index contributed by atoms with van der Waals surface area (Å²) in [4.78, 5) is 16.5. The van der Waals surface area contributed by atoms with Gasteiger partial charge in [0, 0.05) is 19.6 Å². The molecule has 0 saturated carbocycles. The maximum absolute atomic E-state index is 13.2. The molecule has 0 N–H and O–H groups in total. The highest BCUT2D eigenvalue weighted by Crippen LogP contribution is 2.24. The first kappa shape index (κ1) is 17.4. The van der Waals surface area contributed by atoms with Crippen molar-refractivity contribution in [3.05, 3.63) is 65.5 Å². The molecular formula is C20H23FN2O2. The van der Waals surface area contributed by atoms with Crippen molar-refractivity contribution >= 4 is 5.91 Å². The summed E-state index contributed by atoms with van der Waals surface area (Å²) in [6.07, 6.45) is 0. The molecule has 0 aromatic heterocycles. The Hall–Kier alpha value is -2.40. The molecule has 0 bridgehead atoms. The second kappa shape index (κ2) is 7.66. The molecule has 132 valence electrons. The Morgan fingerprint density at radius 2 is 1.96 bits per heavy atom. The normalized spacial score (nSPS) is 18.2. The molecule has 2 aromatic rings. The smallest absolute Gasteiger partial charge is 0.260 e. The fourth-order valence-electron chi connectivity index (χ4n) is 3.09. The minimum Gasteiger partial charge on any atom is -0.484 e. The third-order valence-corrected chi connectivity index (χ3v) is 4.61. The molecule has 2 aromatic carbocycles. The average molecular weight is 342 g/mol. The molecule has 3 rings (SSSR count). The molecule has 5 heteroatoms. The Kier molecular flexibility index (Phi) is 5.34. The van der Waals surface area contributed by atoms with Crippen LogP contribution in [0, 0.1) is 12.7 Å². The van der Waals surface area contributed by atoms with Crippen molar-refractivity contribution in [3.63, 3.8) is 0 Å². The molecule has 0 aliphatic carbocycles. The third kappa shape index (κ3) is 4.37. The van der Waals surface area contributed by atoms with E-state index in [9.17, 15) is 9.18 Å². The maximum Gasteiger partial charge on any atom is 0.260 e. The van der Waals surface area contributed by atoms with Crippen LogP contribution < -0.4 is 4.74 Å². The number of ether oxygens (including phenoxy) is 1. The van der Waals surface area contributed by atoms with Gasteiger partial charge in [0.1, 0.15) is 11.6 Å². The first-order valence-corrected chi connectivity index (χ1v) is 8.46. The van der Waals surface area contributed by atoms with Crippen molar-refractivity contribution in [2.45, 2.75) is 13.0 Å². The number of hydrogen-bond donors (Lipinski definition) is 0. The van der Waals surface area contributed by atoms with E-state index in [4.69, 9.17) is 4.74 Å². The van der Waals surface area contributed by atoms with E-state index >= 15 is 0 Å². The van der Waals surface area contributed by atoms with Crippen LogP contribution in [0.25, 0.3) is 0 Å². The number of halogens is 1. The fraction of sp³-hybridized carbons (Fsp3) is 0.350. The summed E-state index contributed by atoms with van der Waals surface area (Å²) in [5, 5.41) is 0. The van der Waals surface area contributed by atoms with Crippen LogP contribution in [0.1, 0.15) is 17.2 Å². The molecule has 1 aliphatic rings. The van der Waals surface area contributed by atoms with E-state index in [2.05, 4.69) is 4.90 Å². The first-order valence-electron chi connectivity index (χ1n) is 8.46. The van der Waals surface area contributed by atoms with Crippen molar-refractivity contribution in [1.29, 1.82) is 0 Å². The van der Waals surface area contributed by atoms with E-state index in [1.54, 1.807) is 12.1 Å². The lowest BCUT2D eigenvalue weighted by molar-refractivity contribution is -0.136. The van der Waals surface area contributed by atoms with Crippen LogP contribution in [0.3, 0.4) is 0 Å². The number of carbonyl (C=O) groups excluding carboxylic acids is 1. The summed E-state index contributed by atoms with van der Waals surface area (Å²) in [6.45, 7) is 4.05. The van der Waals surface area contributed by atoms with Gasteiger partial charge in [0.25, 0.3) is 5.91 Å². The number of aryl methyl sites for hydroxylation is 1. The Labute approximate surface area is 147 Å². The predicted molar refractivity (Wildman–Crippen MR) is 95.0 cm³/mol. The van der Waals surface area contributed by atoms with Gasteiger partial charge in [-0.2, -0.15) is 0 Å². The van der Waals surface area contributed by atoms with Crippen molar-refractivity contribution in [2.24, 2.45) is 0 Å². The quantitative estimate of drug-likeness (QED) is 0.856. The minimum absolute atomic E-state index is 0.0262. The summed E-state index contributed by atoms with van der Waals surface area (Å²) in [5.41, 5.74) is 2.11. The van der Waals surface area contributed by atoms with Gasteiger partial charge in [-0.1, -0.05) is 24.3 Å². The maximum atomic E-state index is 13.2. The zero-order valence-electron chi connectivity index (χ0n) is 14.6. The number of piperazine rings is 1. The molecule has 1 aliphatic heterocycles. The van der Waals surface area contributed by atoms with E-state index in [1.807, 2.05) is 43.1 Å². The largest absolute Gasteiger partial charge is 0.484 e. The van der Waals surface area contributed by atoms with Gasteiger partial charge in [0.05, 0.1) is 6.04 Å². The number of nitrogens with zero attached hydrogens (tertiary/aromatic N) is 2. The van der Waals surface area contributed by atoms with Crippen molar-refractivity contribution in [2.75, 3.05) is 33.3 Å². The standard InChI is InChI=1S/C20H23FN2O2/c1-15-4-3-5-18(12-15)25-14-20(24)23-11-10-22(2)19(13-23)16-6-8-17(21)9-7-16/h3-9,12,19H,10-11,13-14H2,1-2H3. The van der Waals surface area contributed by atoms with Crippen LogP contribution in [0.15, 0.2) is 48.5 Å². The average Bonchev–Trinajstić information content (AvgIpc) is 2.61. The Morgan fingerprint density at radius 3 is 2.68 bits per heavy atom. The molecule has 1 atom stereocenters. The van der Waals surface area contributed by atoms with Crippen LogP contribution in [0.4, 0.5) is 4.39 Å². The van der Waals surface area contributed by atoms with E-state index in [0.717, 1.165) is 17.7 Å². The van der Waals surface area contributed by atoms with E-state index in [-0.39, 0.29) is 24.4 Å². The first-order chi connectivity index (χ1) is 12.0. The molecule has 4 nitrogen and oxygen atoms in total. The Morgan fingerprint density at radius 1 is 1.20 bits per heavy atom. The number of amides is 1. The van der Waals surface area contributed by atoms with Gasteiger partial charge in [-0.15, -0.1) is 0 Å². The second-order valence-electron chi connectivity index (χ2n) is 6.49. The predicted octanol–water partition coefficient (Wildman–Crippen LogP) is 3.03. The molecule has 1 amide bonds. The summed E-state index contributed by atoms with van der Waals surface area (Å²) in [7, 11) is 2.03. The summed E-state index contributed by atoms with van der Waals surface area (Å²) in [6, 6.07) is 14.2. The highest BCUT2D eigenvalue weighted by atomic mass is 19.1. The Bertz CT molecular complexity index is 733. The van der Waals surface area contributed by atoms with Crippen LogP contribution >= 0.6 is 0 Å². The van der Waals surface area contributed by atoms with Gasteiger partial charge in [-0.3, -0.25) is 9.69 Å². The lowest BCUT2D eigenvalue weighted by Gasteiger charge is -2.39. The zero-order chi connectivity index (χ0) is 17.8. The highest BCUT2D eigenvalue weighted by molar-refractivity contribution is 5.78. The van der Waals surface area contributed by atoms with Gasteiger partial charge in [0.2, 0.25) is 0 Å². The molecule has 1 heterocycles. The van der Waals surface area contributed by atoms with Gasteiger partial charge in [-0.25, -0.2) is 4.39 Å². The highest BCUT2D eigenvalue weighted by Gasteiger charge is 2.28. The van der Waals surface area contributed by atoms with E-state index < -0.39 is 0 Å². The van der Waals surface area contributed by atoms with Gasteiger partial charge >= 0.3 is 0 Å². The van der Waals surface area contributed by atoms with Crippen molar-refractivity contribution < 1.29 is 13.9 Å². The van der Waals surface area contributed by atoms with Crippen molar-refractivity contribution in [1.82, 2.24) is 9.80 Å². The minimum atomic E-state index is -0.248. The third-order valence-electron chi connectivity index (χ3n) is 4.61. The zero-order valence-corrected chi connectivity index (χ0v) is 14.6. The lowest BCUT2D eigenvalue weighted by Crippen LogP contribution is -2.50. The van der Waals surface area contributed by atoms with E-state index in [1.165, 1.54) is 12.1 Å². The van der Waals surface area contributed by atoms with Crippen LogP contribution in [-0.2, 0) is 4.79 Å². The molecule has 1 fully saturated rings. The SMILES string of the molecule is Cc1cccc(OCC(=O)N2CCN(C)C(c3ccc(F)cc3)C2)c1. The van der Waals surface area contributed by atoms with Crippen LogP contribution in [0.5, 0.6) is 5.75 Å². The summed E-state index contributed by atoms with van der Waals surface area (Å²) in [5.74, 6) is 0.431. The number of likely N-dealkylation sites (N-methyl/N-ethyl adjacent to an activating group) is 1. The topological polar surface area (TPSA) is 32.8 Å². The number of benzene rings is 2. The number of rotatable bonds is 4. The molecule has 1 saturated heterocycles. The molecular weight excluding hydrogens is 319 g/mol. The van der Waals surface area contributed by atoms with Crippen LogP contribution in [0.2, 0.25) is 0 Å². The molecule has 25 heavy (non-hydrogen) atoms. The van der Waals surface area contributed by atoms with Gasteiger partial charge in [0.15, 0.2) is 6.61 Å². The molecule has 1 unspecified atom stereocenters. The fourth-order valence-corrected chi connectivity index (χ4v) is 3.09. The van der Waals surface area contributed by atoms with Gasteiger partial charge in [-0.05, 0) is 49.4 Å². The van der Waals surface area contributed by atoms with Crippen LogP contribution in [-0.4, -0.2) is 49.0 Å². The van der Waals surface area contributed by atoms with Crippen molar-refractivity contribution in [3.8, 4) is 5.75 Å². The monoisotopic (exact) mass is 342 g/mol. The summed E-state index contributed by atoms with van der Waals surface area (Å²) < 4.78 is 18.8. The second-order valence-corrected chi connectivity index (χ2v) is 6.49. The summed E-state index contributed by atoms with van der Waals surface area (Å²) >= 11 is 0. The van der Waals surface area contributed by atoms with Gasteiger partial charge < -0.3 is 9.64 Å². The Balaban J connectivity index is 1.62.